The average Bonchev–Trinajstić information content (AvgIpc) is 2.46. The van der Waals surface area contributed by atoms with Gasteiger partial charge in [0.25, 0.3) is 0 Å². The molecule has 0 heterocycles. The molecule has 0 amide bonds. The van der Waals surface area contributed by atoms with Gasteiger partial charge in [0.05, 0.1) is 19.2 Å². The third-order valence-electron chi connectivity index (χ3n) is 4.21. The van der Waals surface area contributed by atoms with Crippen molar-refractivity contribution in [2.24, 2.45) is 5.73 Å². The van der Waals surface area contributed by atoms with Crippen LogP contribution in [0.2, 0.25) is 5.02 Å². The van der Waals surface area contributed by atoms with E-state index < -0.39 is 0 Å². The Balaban J connectivity index is 2.52. The molecular formula is C15H22ClNO2. The van der Waals surface area contributed by atoms with Crippen molar-refractivity contribution in [3.8, 4) is 11.5 Å². The molecule has 19 heavy (non-hydrogen) atoms. The number of halogens is 1. The minimum atomic E-state index is -0.0487. The van der Waals surface area contributed by atoms with Gasteiger partial charge >= 0.3 is 0 Å². The number of rotatable bonds is 4. The van der Waals surface area contributed by atoms with Gasteiger partial charge in [0, 0.05) is 23.6 Å². The largest absolute Gasteiger partial charge is 0.497 e. The zero-order chi connectivity index (χ0) is 13.9. The predicted molar refractivity (Wildman–Crippen MR) is 78.4 cm³/mol. The van der Waals surface area contributed by atoms with Crippen molar-refractivity contribution in [2.45, 2.75) is 37.5 Å². The SMILES string of the molecule is COc1cc(Cl)c(C2(CN)CCCCC2)c(OC)c1. The maximum atomic E-state index is 6.48. The monoisotopic (exact) mass is 283 g/mol. The maximum absolute atomic E-state index is 6.48. The van der Waals surface area contributed by atoms with Gasteiger partial charge in [-0.05, 0) is 18.9 Å². The number of methoxy groups -OCH3 is 2. The first-order chi connectivity index (χ1) is 9.16. The van der Waals surface area contributed by atoms with Crippen LogP contribution in [0.1, 0.15) is 37.7 Å². The summed E-state index contributed by atoms with van der Waals surface area (Å²) in [6.45, 7) is 0.607. The molecular weight excluding hydrogens is 262 g/mol. The zero-order valence-electron chi connectivity index (χ0n) is 11.7. The fourth-order valence-electron chi connectivity index (χ4n) is 3.14. The first-order valence-corrected chi connectivity index (χ1v) is 7.17. The van der Waals surface area contributed by atoms with Crippen LogP contribution in [0.4, 0.5) is 0 Å². The highest BCUT2D eigenvalue weighted by molar-refractivity contribution is 6.31. The van der Waals surface area contributed by atoms with Gasteiger partial charge in [-0.1, -0.05) is 30.9 Å². The van der Waals surface area contributed by atoms with Crippen LogP contribution in [0.25, 0.3) is 0 Å². The lowest BCUT2D eigenvalue weighted by atomic mass is 9.69. The predicted octanol–water partition coefficient (Wildman–Crippen LogP) is 3.52. The van der Waals surface area contributed by atoms with Crippen LogP contribution in [-0.4, -0.2) is 20.8 Å². The van der Waals surface area contributed by atoms with E-state index >= 15 is 0 Å². The van der Waals surface area contributed by atoms with E-state index in [0.717, 1.165) is 24.2 Å². The van der Waals surface area contributed by atoms with Crippen molar-refractivity contribution in [2.75, 3.05) is 20.8 Å². The van der Waals surface area contributed by atoms with Crippen LogP contribution in [0.5, 0.6) is 11.5 Å². The number of ether oxygens (including phenoxy) is 2. The van der Waals surface area contributed by atoms with E-state index in [-0.39, 0.29) is 5.41 Å². The molecule has 0 aromatic heterocycles. The van der Waals surface area contributed by atoms with E-state index in [1.807, 2.05) is 12.1 Å². The van der Waals surface area contributed by atoms with E-state index in [9.17, 15) is 0 Å². The topological polar surface area (TPSA) is 44.5 Å². The second kappa shape index (κ2) is 6.02. The Bertz CT molecular complexity index is 442. The highest BCUT2D eigenvalue weighted by Crippen LogP contribution is 2.47. The van der Waals surface area contributed by atoms with Crippen molar-refractivity contribution < 1.29 is 9.47 Å². The summed E-state index contributed by atoms with van der Waals surface area (Å²) in [7, 11) is 3.30. The summed E-state index contributed by atoms with van der Waals surface area (Å²) in [6, 6.07) is 3.75. The molecule has 2 N–H and O–H groups in total. The number of hydrogen-bond acceptors (Lipinski definition) is 3. The van der Waals surface area contributed by atoms with Crippen LogP contribution in [0.15, 0.2) is 12.1 Å². The Morgan fingerprint density at radius 2 is 1.84 bits per heavy atom. The molecule has 0 saturated heterocycles. The van der Waals surface area contributed by atoms with Crippen molar-refractivity contribution in [3.63, 3.8) is 0 Å². The van der Waals surface area contributed by atoms with Crippen molar-refractivity contribution in [3.05, 3.63) is 22.7 Å². The van der Waals surface area contributed by atoms with Crippen LogP contribution in [-0.2, 0) is 5.41 Å². The van der Waals surface area contributed by atoms with Gasteiger partial charge < -0.3 is 15.2 Å². The summed E-state index contributed by atoms with van der Waals surface area (Å²) in [5.74, 6) is 1.50. The Hall–Kier alpha value is -0.930. The van der Waals surface area contributed by atoms with Crippen LogP contribution < -0.4 is 15.2 Å². The molecule has 1 aliphatic carbocycles. The lowest BCUT2D eigenvalue weighted by Gasteiger charge is -2.38. The minimum absolute atomic E-state index is 0.0487. The fraction of sp³-hybridized carbons (Fsp3) is 0.600. The summed E-state index contributed by atoms with van der Waals surface area (Å²) in [5, 5.41) is 0.698. The van der Waals surface area contributed by atoms with Crippen molar-refractivity contribution >= 4 is 11.6 Å². The highest BCUT2D eigenvalue weighted by Gasteiger charge is 2.37. The lowest BCUT2D eigenvalue weighted by Crippen LogP contribution is -2.37. The molecule has 1 fully saturated rings. The van der Waals surface area contributed by atoms with Gasteiger partial charge in [-0.3, -0.25) is 0 Å². The van der Waals surface area contributed by atoms with Gasteiger partial charge in [0.2, 0.25) is 0 Å². The molecule has 0 bridgehead atoms. The second-order valence-corrected chi connectivity index (χ2v) is 5.64. The summed E-state index contributed by atoms with van der Waals surface area (Å²) < 4.78 is 10.8. The van der Waals surface area contributed by atoms with Gasteiger partial charge in [-0.25, -0.2) is 0 Å². The number of hydrogen-bond donors (Lipinski definition) is 1. The standard InChI is InChI=1S/C15H22ClNO2/c1-18-11-8-12(16)14(13(9-11)19-2)15(10-17)6-4-3-5-7-15/h8-9H,3-7,10,17H2,1-2H3. The van der Waals surface area contributed by atoms with Gasteiger partial charge in [-0.2, -0.15) is 0 Å². The molecule has 1 aromatic rings. The van der Waals surface area contributed by atoms with Gasteiger partial charge in [0.1, 0.15) is 11.5 Å². The second-order valence-electron chi connectivity index (χ2n) is 5.23. The van der Waals surface area contributed by atoms with E-state index in [1.165, 1.54) is 19.3 Å². The Morgan fingerprint density at radius 1 is 1.16 bits per heavy atom. The third-order valence-corrected chi connectivity index (χ3v) is 4.51. The van der Waals surface area contributed by atoms with Crippen LogP contribution in [0.3, 0.4) is 0 Å². The van der Waals surface area contributed by atoms with E-state index in [4.69, 9.17) is 26.8 Å². The smallest absolute Gasteiger partial charge is 0.127 e. The van der Waals surface area contributed by atoms with E-state index in [1.54, 1.807) is 14.2 Å². The van der Waals surface area contributed by atoms with Gasteiger partial charge in [-0.15, -0.1) is 0 Å². The quantitative estimate of drug-likeness (QED) is 0.919. The fourth-order valence-corrected chi connectivity index (χ4v) is 3.54. The first-order valence-electron chi connectivity index (χ1n) is 6.79. The molecule has 3 nitrogen and oxygen atoms in total. The van der Waals surface area contributed by atoms with Gasteiger partial charge in [0.15, 0.2) is 0 Å². The molecule has 4 heteroatoms. The molecule has 1 aromatic carbocycles. The molecule has 106 valence electrons. The van der Waals surface area contributed by atoms with Crippen LogP contribution >= 0.6 is 11.6 Å². The molecule has 0 radical (unpaired) electrons. The Kier molecular flexibility index (Phi) is 4.58. The molecule has 0 unspecified atom stereocenters. The summed E-state index contributed by atoms with van der Waals surface area (Å²) >= 11 is 6.48. The molecule has 2 rings (SSSR count). The third kappa shape index (κ3) is 2.67. The molecule has 0 atom stereocenters. The average molecular weight is 284 g/mol. The molecule has 0 spiro atoms. The first kappa shape index (κ1) is 14.5. The summed E-state index contributed by atoms with van der Waals surface area (Å²) in [4.78, 5) is 0. The highest BCUT2D eigenvalue weighted by atomic mass is 35.5. The van der Waals surface area contributed by atoms with Crippen molar-refractivity contribution in [1.29, 1.82) is 0 Å². The minimum Gasteiger partial charge on any atom is -0.497 e. The number of nitrogens with two attached hydrogens (primary N) is 1. The molecule has 1 saturated carbocycles. The van der Waals surface area contributed by atoms with E-state index in [0.29, 0.717) is 17.3 Å². The normalized spacial score (nSPS) is 18.1. The Labute approximate surface area is 120 Å². The lowest BCUT2D eigenvalue weighted by molar-refractivity contribution is 0.287. The number of benzene rings is 1. The van der Waals surface area contributed by atoms with Crippen LogP contribution in [0, 0.1) is 0 Å². The molecule has 1 aliphatic rings. The maximum Gasteiger partial charge on any atom is 0.127 e. The summed E-state index contributed by atoms with van der Waals surface area (Å²) in [5.41, 5.74) is 7.09. The molecule has 0 aliphatic heterocycles. The Morgan fingerprint density at radius 3 is 2.37 bits per heavy atom. The summed E-state index contributed by atoms with van der Waals surface area (Å²) in [6.07, 6.45) is 5.82. The van der Waals surface area contributed by atoms with Crippen molar-refractivity contribution in [1.82, 2.24) is 0 Å². The van der Waals surface area contributed by atoms with E-state index in [2.05, 4.69) is 0 Å². The zero-order valence-corrected chi connectivity index (χ0v) is 12.4.